The molecule has 2 fully saturated rings. The molecule has 0 unspecified atom stereocenters. The first kappa shape index (κ1) is 25.2. The van der Waals surface area contributed by atoms with Crippen LogP contribution in [-0.4, -0.2) is 52.4 Å². The maximum absolute atomic E-state index is 13.0. The van der Waals surface area contributed by atoms with E-state index >= 15 is 0 Å². The molecule has 33 heavy (non-hydrogen) atoms. The molecule has 1 aromatic carbocycles. The molecule has 1 saturated carbocycles. The number of benzene rings is 1. The molecule has 3 rings (SSSR count). The van der Waals surface area contributed by atoms with Crippen LogP contribution in [0.3, 0.4) is 0 Å². The van der Waals surface area contributed by atoms with Gasteiger partial charge in [-0.2, -0.15) is 0 Å². The summed E-state index contributed by atoms with van der Waals surface area (Å²) in [5.74, 6) is 0.526. The van der Waals surface area contributed by atoms with Crippen molar-refractivity contribution in [1.82, 2.24) is 4.90 Å². The number of nitro groups is 1. The highest BCUT2D eigenvalue weighted by atomic mass is 16.6. The van der Waals surface area contributed by atoms with Gasteiger partial charge in [0.15, 0.2) is 0 Å². The van der Waals surface area contributed by atoms with Crippen LogP contribution in [0.4, 0.5) is 4.79 Å². The SMILES string of the molecule is C=CC[C@]1([N+](=O)[O-])CCCN(C(=O)OC(C)(C)C)[C@H]1COC1CCC(c2ccccc2)CC1. The normalized spacial score (nSPS) is 28.2. The fourth-order valence-corrected chi connectivity index (χ4v) is 5.24. The first-order chi connectivity index (χ1) is 15.7. The Hall–Kier alpha value is -2.41. The zero-order valence-electron chi connectivity index (χ0n) is 20.2. The lowest BCUT2D eigenvalue weighted by atomic mass is 9.79. The van der Waals surface area contributed by atoms with E-state index in [1.807, 2.05) is 6.07 Å². The van der Waals surface area contributed by atoms with Crippen LogP contribution in [0.15, 0.2) is 43.0 Å². The second kappa shape index (κ2) is 10.7. The van der Waals surface area contributed by atoms with Gasteiger partial charge in [-0.15, -0.1) is 6.58 Å². The van der Waals surface area contributed by atoms with Gasteiger partial charge in [-0.3, -0.25) is 15.0 Å². The summed E-state index contributed by atoms with van der Waals surface area (Å²) in [6.45, 7) is 9.72. The molecule has 7 nitrogen and oxygen atoms in total. The fourth-order valence-electron chi connectivity index (χ4n) is 5.24. The van der Waals surface area contributed by atoms with Gasteiger partial charge >= 0.3 is 6.09 Å². The highest BCUT2D eigenvalue weighted by Gasteiger charge is 2.56. The zero-order valence-corrected chi connectivity index (χ0v) is 20.2. The van der Waals surface area contributed by atoms with Gasteiger partial charge < -0.3 is 9.47 Å². The summed E-state index contributed by atoms with van der Waals surface area (Å²) in [7, 11) is 0. The van der Waals surface area contributed by atoms with E-state index in [-0.39, 0.29) is 24.1 Å². The second-order valence-electron chi connectivity index (χ2n) is 10.4. The van der Waals surface area contributed by atoms with Crippen molar-refractivity contribution in [3.63, 3.8) is 0 Å². The average molecular weight is 459 g/mol. The number of carbonyl (C=O) groups excluding carboxylic acids is 1. The molecule has 1 amide bonds. The molecule has 0 radical (unpaired) electrons. The van der Waals surface area contributed by atoms with Crippen molar-refractivity contribution in [3.05, 3.63) is 58.7 Å². The van der Waals surface area contributed by atoms with E-state index in [4.69, 9.17) is 9.47 Å². The van der Waals surface area contributed by atoms with Crippen LogP contribution < -0.4 is 0 Å². The molecule has 0 bridgehead atoms. The van der Waals surface area contributed by atoms with Crippen LogP contribution in [0.5, 0.6) is 0 Å². The lowest BCUT2D eigenvalue weighted by Gasteiger charge is -2.44. The maximum atomic E-state index is 13.0. The number of likely N-dealkylation sites (tertiary alicyclic amines) is 1. The predicted octanol–water partition coefficient (Wildman–Crippen LogP) is 5.72. The molecular formula is C26H38N2O5. The number of nitrogens with zero attached hydrogens (tertiary/aromatic N) is 2. The van der Waals surface area contributed by atoms with Crippen molar-refractivity contribution in [2.45, 2.75) is 94.9 Å². The van der Waals surface area contributed by atoms with Gasteiger partial charge in [0.2, 0.25) is 5.54 Å². The molecule has 2 atom stereocenters. The number of amides is 1. The van der Waals surface area contributed by atoms with Gasteiger partial charge in [0.05, 0.1) is 12.7 Å². The number of hydrogen-bond donors (Lipinski definition) is 0. The molecule has 1 heterocycles. The lowest BCUT2D eigenvalue weighted by molar-refractivity contribution is -0.582. The average Bonchev–Trinajstić information content (AvgIpc) is 2.78. The van der Waals surface area contributed by atoms with Gasteiger partial charge in [0, 0.05) is 24.3 Å². The van der Waals surface area contributed by atoms with Crippen LogP contribution in [0.25, 0.3) is 0 Å². The van der Waals surface area contributed by atoms with Crippen LogP contribution >= 0.6 is 0 Å². The van der Waals surface area contributed by atoms with Crippen molar-refractivity contribution in [3.8, 4) is 0 Å². The summed E-state index contributed by atoms with van der Waals surface area (Å²) < 4.78 is 11.9. The van der Waals surface area contributed by atoms with Gasteiger partial charge in [0.25, 0.3) is 0 Å². The van der Waals surface area contributed by atoms with Crippen LogP contribution in [0.2, 0.25) is 0 Å². The van der Waals surface area contributed by atoms with E-state index in [0.717, 1.165) is 25.7 Å². The first-order valence-corrected chi connectivity index (χ1v) is 12.1. The Balaban J connectivity index is 1.71. The summed E-state index contributed by atoms with van der Waals surface area (Å²) in [6.07, 6.45) is 6.11. The predicted molar refractivity (Wildman–Crippen MR) is 128 cm³/mol. The number of ether oxygens (including phenoxy) is 2. The van der Waals surface area contributed by atoms with E-state index in [9.17, 15) is 14.9 Å². The fraction of sp³-hybridized carbons (Fsp3) is 0.654. The third-order valence-corrected chi connectivity index (χ3v) is 6.93. The van der Waals surface area contributed by atoms with Gasteiger partial charge in [-0.05, 0) is 64.4 Å². The Morgan fingerprint density at radius 1 is 1.24 bits per heavy atom. The zero-order chi connectivity index (χ0) is 24.1. The molecule has 7 heteroatoms. The molecule has 2 aliphatic rings. The van der Waals surface area contributed by atoms with Crippen LogP contribution in [0.1, 0.15) is 77.2 Å². The van der Waals surface area contributed by atoms with Gasteiger partial charge in [-0.1, -0.05) is 36.4 Å². The van der Waals surface area contributed by atoms with Crippen LogP contribution in [-0.2, 0) is 9.47 Å². The second-order valence-corrected chi connectivity index (χ2v) is 10.4. The van der Waals surface area contributed by atoms with Gasteiger partial charge in [-0.25, -0.2) is 4.79 Å². The number of piperidine rings is 1. The van der Waals surface area contributed by atoms with E-state index in [2.05, 4.69) is 30.8 Å². The Kier molecular flexibility index (Phi) is 8.16. The smallest absolute Gasteiger partial charge is 0.410 e. The topological polar surface area (TPSA) is 81.9 Å². The van der Waals surface area contributed by atoms with E-state index in [1.54, 1.807) is 26.8 Å². The minimum Gasteiger partial charge on any atom is -0.444 e. The molecule has 1 aliphatic carbocycles. The summed E-state index contributed by atoms with van der Waals surface area (Å²) in [4.78, 5) is 26.6. The van der Waals surface area contributed by atoms with E-state index in [1.165, 1.54) is 10.5 Å². The number of rotatable bonds is 7. The Morgan fingerprint density at radius 2 is 1.91 bits per heavy atom. The third kappa shape index (κ3) is 6.14. The largest absolute Gasteiger partial charge is 0.444 e. The van der Waals surface area contributed by atoms with Crippen molar-refractivity contribution < 1.29 is 19.2 Å². The monoisotopic (exact) mass is 458 g/mol. The molecule has 0 N–H and O–H groups in total. The van der Waals surface area contributed by atoms with Gasteiger partial charge in [0.1, 0.15) is 11.6 Å². The number of hydrogen-bond acceptors (Lipinski definition) is 5. The quantitative estimate of drug-likeness (QED) is 0.296. The standard InChI is InChI=1S/C26H38N2O5/c1-5-16-26(28(30)31)17-9-18-27(24(29)33-25(2,3)4)23(26)19-32-22-14-12-21(13-15-22)20-10-7-6-8-11-20/h5-8,10-11,21-23H,1,9,12-19H2,2-4H3/t21?,22?,23-,26-/m0/s1. The Labute approximate surface area is 197 Å². The molecular weight excluding hydrogens is 420 g/mol. The molecule has 0 spiro atoms. The van der Waals surface area contributed by atoms with E-state index in [0.29, 0.717) is 25.3 Å². The van der Waals surface area contributed by atoms with Crippen molar-refractivity contribution in [1.29, 1.82) is 0 Å². The molecule has 1 aliphatic heterocycles. The third-order valence-electron chi connectivity index (χ3n) is 6.93. The molecule has 1 saturated heterocycles. The highest BCUT2D eigenvalue weighted by molar-refractivity contribution is 5.69. The molecule has 1 aromatic rings. The molecule has 0 aromatic heterocycles. The number of carbonyl (C=O) groups is 1. The van der Waals surface area contributed by atoms with Crippen LogP contribution in [0, 0.1) is 10.1 Å². The van der Waals surface area contributed by atoms with Crippen molar-refractivity contribution >= 4 is 6.09 Å². The summed E-state index contributed by atoms with van der Waals surface area (Å²) in [5.41, 5.74) is -0.624. The first-order valence-electron chi connectivity index (χ1n) is 12.1. The Morgan fingerprint density at radius 3 is 2.48 bits per heavy atom. The van der Waals surface area contributed by atoms with Crippen molar-refractivity contribution in [2.75, 3.05) is 13.2 Å². The minimum atomic E-state index is -1.31. The summed E-state index contributed by atoms with van der Waals surface area (Å²) >= 11 is 0. The summed E-state index contributed by atoms with van der Waals surface area (Å²) in [6, 6.07) is 9.83. The van der Waals surface area contributed by atoms with Crippen molar-refractivity contribution in [2.24, 2.45) is 0 Å². The lowest BCUT2D eigenvalue weighted by Crippen LogP contribution is -2.64. The summed E-state index contributed by atoms with van der Waals surface area (Å²) in [5, 5.41) is 12.3. The minimum absolute atomic E-state index is 0.0422. The maximum Gasteiger partial charge on any atom is 0.410 e. The highest BCUT2D eigenvalue weighted by Crippen LogP contribution is 2.38. The van der Waals surface area contributed by atoms with E-state index < -0.39 is 23.3 Å². The molecule has 182 valence electrons. The Bertz CT molecular complexity index is 814.